The van der Waals surface area contributed by atoms with Crippen LogP contribution in [0.25, 0.3) is 0 Å². The van der Waals surface area contributed by atoms with E-state index in [9.17, 15) is 70.6 Å². The predicted molar refractivity (Wildman–Crippen MR) is 258 cm³/mol. The minimum Gasteiger partial charge on any atom is -0.547 e. The number of carbonyl (C=O) groups is 3. The maximum Gasteiger partial charge on any atom is 1.00 e. The number of fused-ring (bicyclic) bond motifs is 7. The van der Waals surface area contributed by atoms with Gasteiger partial charge < -0.3 is 104 Å². The number of carbonyl (C=O) groups excluding carboxylic acids is 3. The van der Waals surface area contributed by atoms with Gasteiger partial charge in [0.25, 0.3) is 0 Å². The number of allylic oxidation sites excluding steroid dienone is 2. The fourth-order valence-corrected chi connectivity index (χ4v) is 16.5. The van der Waals surface area contributed by atoms with E-state index in [1.165, 1.54) is 12.5 Å². The molecule has 0 spiro atoms. The summed E-state index contributed by atoms with van der Waals surface area (Å²) in [5.74, 6) is -4.10. The monoisotopic (exact) mass is 1140 g/mol. The summed E-state index contributed by atoms with van der Waals surface area (Å²) in [6.45, 7) is 15.8. The van der Waals surface area contributed by atoms with Crippen LogP contribution in [0.1, 0.15) is 107 Å². The van der Waals surface area contributed by atoms with Crippen LogP contribution in [-0.2, 0) is 57.0 Å². The zero-order valence-corrected chi connectivity index (χ0v) is 49.5. The molecular formula is C54H83KO23. The summed E-state index contributed by atoms with van der Waals surface area (Å²) in [6, 6.07) is 0. The van der Waals surface area contributed by atoms with Crippen molar-refractivity contribution in [1.82, 2.24) is 0 Å². The first-order valence-corrected chi connectivity index (χ1v) is 27.4. The molecule has 5 aliphatic carbocycles. The summed E-state index contributed by atoms with van der Waals surface area (Å²) in [5, 5.41) is 123. The van der Waals surface area contributed by atoms with Crippen molar-refractivity contribution in [3.63, 3.8) is 0 Å². The maximum atomic E-state index is 13.6. The first-order chi connectivity index (χ1) is 36.0. The van der Waals surface area contributed by atoms with Crippen LogP contribution in [0.4, 0.5) is 0 Å². The molecule has 0 aromatic heterocycles. The molecule has 24 heteroatoms. The van der Waals surface area contributed by atoms with E-state index in [0.717, 1.165) is 0 Å². The number of aliphatic carboxylic acids is 1. The second kappa shape index (κ2) is 22.8. The van der Waals surface area contributed by atoms with Gasteiger partial charge in [-0.15, -0.1) is 0 Å². The van der Waals surface area contributed by atoms with Gasteiger partial charge in [-0.25, -0.2) is 0 Å². The molecule has 4 saturated carbocycles. The molecule has 8 fully saturated rings. The first-order valence-electron chi connectivity index (χ1n) is 27.4. The molecule has 0 aromatic carbocycles. The molecule has 0 aromatic rings. The van der Waals surface area contributed by atoms with E-state index < -0.39 is 187 Å². The van der Waals surface area contributed by atoms with Gasteiger partial charge in [0, 0.05) is 12.3 Å². The Kier molecular flexibility index (Phi) is 18.5. The smallest absolute Gasteiger partial charge is 0.547 e. The van der Waals surface area contributed by atoms with Crippen molar-refractivity contribution in [2.75, 3.05) is 26.4 Å². The van der Waals surface area contributed by atoms with Crippen molar-refractivity contribution in [3.8, 4) is 0 Å². The Balaban J connectivity index is 0.00000803. The molecule has 9 aliphatic rings. The van der Waals surface area contributed by atoms with Crippen LogP contribution in [0.5, 0.6) is 0 Å². The molecule has 9 rings (SSSR count). The summed E-state index contributed by atoms with van der Waals surface area (Å²) in [4.78, 5) is 38.3. The Bertz CT molecular complexity index is 2240. The number of carboxylic acid groups (broad SMARTS) is 1. The van der Waals surface area contributed by atoms with Crippen molar-refractivity contribution in [1.29, 1.82) is 0 Å². The Morgan fingerprint density at radius 2 is 1.44 bits per heavy atom. The number of rotatable bonds is 14. The van der Waals surface area contributed by atoms with Crippen LogP contribution in [0, 0.1) is 56.2 Å². The van der Waals surface area contributed by atoms with Gasteiger partial charge in [-0.2, -0.15) is 0 Å². The SMILES string of the molecule is CC(=O)OC(C)C(C)C(=O)OCC12C3CC(C)(C)[C@H](O[C@@H]1C[C@]1(C)C3=CCC3C4(C)CCC(O[C@@H]5O[C@H](C(=O)[O-])[C@@H](O[C@H]6O[C@H](CO)[C@@H](O)[C@H](O)[C@H]6O)[C@H](O)[C@H]5O[C@@H]5OC[C@@H](O)[C@H](O)[C@H]5O)[C@](C)(CO)C4CCC31C)C2O.[K+]. The van der Waals surface area contributed by atoms with E-state index in [1.807, 2.05) is 6.92 Å². The standard InChI is InChI=1S/C54H84O23.K/c1-22(23(2)71-24(3)57)45(68)70-21-54-26-16-49(4,5)43(42(54)65)73-32(54)17-53(9)25(26)10-11-30-50(6)14-13-31(51(7,20-56)29(50)12-15-52(30,53)8)74-48-40(76-46-36(62)33(59)27(58)19-69-46)38(64)39(41(77-48)44(66)67)75-47-37(63)35(61)34(60)28(18-55)72-47;/h10,22-23,26-43,46-48,55-56,58-65H,11-21H2,1-9H3,(H,66,67);/q;+1/p-1/t22?,23?,26?,27-,28-,29?,30?,31?,32-,33+,34-,35+,36-,37-,38+,39+,40-,41+,42?,43-,46+,47-,48-,50?,51-,52?,53-,54?;/m1./s1. The molecule has 28 atom stereocenters. The van der Waals surface area contributed by atoms with Crippen molar-refractivity contribution in [2.45, 2.75) is 224 Å². The third kappa shape index (κ3) is 10.00. The van der Waals surface area contributed by atoms with Crippen LogP contribution in [0.15, 0.2) is 11.6 Å². The number of aliphatic hydroxyl groups excluding tert-OH is 10. The molecule has 10 N–H and O–H groups in total. The third-order valence-electron chi connectivity index (χ3n) is 21.3. The van der Waals surface area contributed by atoms with Crippen LogP contribution in [0.3, 0.4) is 0 Å². The minimum absolute atomic E-state index is 0. The third-order valence-corrected chi connectivity index (χ3v) is 21.3. The predicted octanol–water partition coefficient (Wildman–Crippen LogP) is -4.92. The van der Waals surface area contributed by atoms with Crippen LogP contribution in [-0.4, -0.2) is 212 Å². The summed E-state index contributed by atoms with van der Waals surface area (Å²) in [6.07, 6.45) is -23.3. The fraction of sp³-hybridized carbons (Fsp3) is 0.907. The molecule has 0 radical (unpaired) electrons. The van der Waals surface area contributed by atoms with E-state index in [1.54, 1.807) is 13.8 Å². The largest absolute Gasteiger partial charge is 1.00 e. The molecule has 10 unspecified atom stereocenters. The van der Waals surface area contributed by atoms with E-state index in [-0.39, 0.29) is 81.2 Å². The van der Waals surface area contributed by atoms with Gasteiger partial charge >= 0.3 is 63.3 Å². The quantitative estimate of drug-likeness (QED) is 0.0337. The second-order valence-electron chi connectivity index (χ2n) is 25.8. The van der Waals surface area contributed by atoms with E-state index >= 15 is 0 Å². The van der Waals surface area contributed by atoms with E-state index in [4.69, 9.17) is 42.6 Å². The van der Waals surface area contributed by atoms with Gasteiger partial charge in [-0.05, 0) is 98.2 Å². The van der Waals surface area contributed by atoms with Crippen LogP contribution < -0.4 is 56.5 Å². The summed E-state index contributed by atoms with van der Waals surface area (Å²) in [5.41, 5.74) is -2.45. The zero-order chi connectivity index (χ0) is 56.4. The zero-order valence-electron chi connectivity index (χ0n) is 46.4. The topological polar surface area (TPSA) is 360 Å². The number of hydrogen-bond donors (Lipinski definition) is 10. The minimum atomic E-state index is -2.20. The van der Waals surface area contributed by atoms with Crippen molar-refractivity contribution >= 4 is 17.9 Å². The van der Waals surface area contributed by atoms with Gasteiger partial charge in [0.1, 0.15) is 79.9 Å². The molecule has 4 heterocycles. The van der Waals surface area contributed by atoms with Gasteiger partial charge in [-0.3, -0.25) is 9.59 Å². The molecule has 78 heavy (non-hydrogen) atoms. The van der Waals surface area contributed by atoms with Crippen LogP contribution >= 0.6 is 0 Å². The number of carboxylic acids is 1. The summed E-state index contributed by atoms with van der Waals surface area (Å²) >= 11 is 0. The molecular weight excluding hydrogens is 1060 g/mol. The number of hydrogen-bond acceptors (Lipinski definition) is 23. The molecule has 4 aliphatic heterocycles. The molecule has 2 bridgehead atoms. The average Bonchev–Trinajstić information content (AvgIpc) is 3.60. The summed E-state index contributed by atoms with van der Waals surface area (Å²) < 4.78 is 54.1. The molecule has 23 nitrogen and oxygen atoms in total. The Morgan fingerprint density at radius 3 is 2.08 bits per heavy atom. The Morgan fingerprint density at radius 1 is 0.769 bits per heavy atom. The van der Waals surface area contributed by atoms with Gasteiger partial charge in [0.05, 0.1) is 61.5 Å². The van der Waals surface area contributed by atoms with E-state index in [2.05, 4.69) is 40.7 Å². The molecule has 0 amide bonds. The second-order valence-corrected chi connectivity index (χ2v) is 25.8. The first kappa shape index (κ1) is 63.1. The van der Waals surface area contributed by atoms with Crippen molar-refractivity contribution < 1.29 is 165 Å². The van der Waals surface area contributed by atoms with Crippen molar-refractivity contribution in [3.05, 3.63) is 11.6 Å². The van der Waals surface area contributed by atoms with E-state index in [0.29, 0.717) is 44.9 Å². The van der Waals surface area contributed by atoms with Gasteiger partial charge in [-0.1, -0.05) is 53.2 Å². The van der Waals surface area contributed by atoms with Crippen LogP contribution in [0.2, 0.25) is 0 Å². The normalized spacial score (nSPS) is 51.0. The molecule has 438 valence electrons. The Hall–Kier alpha value is -0.894. The number of esters is 2. The van der Waals surface area contributed by atoms with Gasteiger partial charge in [0.2, 0.25) is 0 Å². The average molecular weight is 1140 g/mol. The number of ether oxygens (including phenoxy) is 9. The maximum absolute atomic E-state index is 13.6. The number of aliphatic hydroxyl groups is 10. The van der Waals surface area contributed by atoms with Crippen molar-refractivity contribution in [2.24, 2.45) is 56.2 Å². The fourth-order valence-electron chi connectivity index (χ4n) is 16.5. The Labute approximate surface area is 497 Å². The van der Waals surface area contributed by atoms with Gasteiger partial charge in [0.15, 0.2) is 18.9 Å². The summed E-state index contributed by atoms with van der Waals surface area (Å²) in [7, 11) is 0. The molecule has 4 saturated heterocycles.